The van der Waals surface area contributed by atoms with Crippen LogP contribution in [0.1, 0.15) is 34.1 Å². The van der Waals surface area contributed by atoms with Crippen molar-refractivity contribution in [3.63, 3.8) is 0 Å². The molecule has 1 aliphatic heterocycles. The molecular weight excluding hydrogens is 424 g/mol. The zero-order chi connectivity index (χ0) is 23.7. The van der Waals surface area contributed by atoms with Crippen molar-refractivity contribution in [2.75, 3.05) is 48.5 Å². The average molecular weight is 453 g/mol. The highest BCUT2D eigenvalue weighted by Crippen LogP contribution is 2.45. The minimum atomic E-state index is -0.635. The molecule has 33 heavy (non-hydrogen) atoms. The fourth-order valence-electron chi connectivity index (χ4n) is 4.36. The third-order valence-electron chi connectivity index (χ3n) is 5.88. The number of carbonyl (C=O) groups excluding carboxylic acids is 1. The zero-order valence-corrected chi connectivity index (χ0v) is 19.5. The third kappa shape index (κ3) is 3.91. The van der Waals surface area contributed by atoms with Gasteiger partial charge in [0.05, 0.1) is 38.3 Å². The first-order chi connectivity index (χ1) is 15.9. The Bertz CT molecular complexity index is 1220. The highest BCUT2D eigenvalue weighted by Gasteiger charge is 2.43. The van der Waals surface area contributed by atoms with Gasteiger partial charge in [-0.25, -0.2) is 0 Å². The van der Waals surface area contributed by atoms with E-state index in [1.807, 2.05) is 14.1 Å². The van der Waals surface area contributed by atoms with Crippen LogP contribution in [0.3, 0.4) is 0 Å². The number of rotatable bonds is 8. The van der Waals surface area contributed by atoms with Crippen LogP contribution in [0.2, 0.25) is 0 Å². The minimum absolute atomic E-state index is 0.0855. The Morgan fingerprint density at radius 3 is 2.27 bits per heavy atom. The molecule has 1 amide bonds. The van der Waals surface area contributed by atoms with Crippen LogP contribution in [0.25, 0.3) is 11.0 Å². The molecule has 1 aliphatic rings. The van der Waals surface area contributed by atoms with E-state index >= 15 is 0 Å². The van der Waals surface area contributed by atoms with Gasteiger partial charge in [0.2, 0.25) is 11.5 Å². The van der Waals surface area contributed by atoms with Gasteiger partial charge in [0.1, 0.15) is 5.58 Å². The molecule has 0 spiro atoms. The lowest BCUT2D eigenvalue weighted by molar-refractivity contribution is 0.0722. The van der Waals surface area contributed by atoms with Gasteiger partial charge in [0.15, 0.2) is 16.9 Å². The second-order valence-corrected chi connectivity index (χ2v) is 8.19. The predicted octanol–water partition coefficient (Wildman–Crippen LogP) is 3.32. The minimum Gasteiger partial charge on any atom is -0.493 e. The van der Waals surface area contributed by atoms with E-state index in [1.165, 1.54) is 21.3 Å². The Morgan fingerprint density at radius 2 is 1.67 bits per heavy atom. The fourth-order valence-corrected chi connectivity index (χ4v) is 4.36. The molecule has 8 nitrogen and oxygen atoms in total. The number of nitrogens with zero attached hydrogens (tertiary/aromatic N) is 2. The van der Waals surface area contributed by atoms with E-state index in [-0.39, 0.29) is 17.1 Å². The Kier molecular flexibility index (Phi) is 6.29. The summed E-state index contributed by atoms with van der Waals surface area (Å²) in [5.74, 6) is 1.13. The van der Waals surface area contributed by atoms with Gasteiger partial charge in [-0.2, -0.15) is 0 Å². The highest BCUT2D eigenvalue weighted by atomic mass is 16.5. The Labute approximate surface area is 192 Å². The van der Waals surface area contributed by atoms with Crippen LogP contribution in [0.15, 0.2) is 45.6 Å². The summed E-state index contributed by atoms with van der Waals surface area (Å²) in [7, 11) is 8.56. The van der Waals surface area contributed by atoms with Crippen molar-refractivity contribution >= 4 is 16.9 Å². The van der Waals surface area contributed by atoms with E-state index in [0.717, 1.165) is 13.0 Å². The van der Waals surface area contributed by atoms with Crippen LogP contribution in [0, 0.1) is 0 Å². The van der Waals surface area contributed by atoms with Crippen LogP contribution in [0.4, 0.5) is 0 Å². The summed E-state index contributed by atoms with van der Waals surface area (Å²) in [5, 5.41) is 0.441. The van der Waals surface area contributed by atoms with Gasteiger partial charge in [-0.3, -0.25) is 9.59 Å². The van der Waals surface area contributed by atoms with Crippen molar-refractivity contribution in [2.24, 2.45) is 0 Å². The monoisotopic (exact) mass is 452 g/mol. The number of benzene rings is 2. The third-order valence-corrected chi connectivity index (χ3v) is 5.88. The van der Waals surface area contributed by atoms with Crippen molar-refractivity contribution in [2.45, 2.75) is 12.5 Å². The fraction of sp³-hybridized carbons (Fsp3) is 0.360. The lowest BCUT2D eigenvalue weighted by Gasteiger charge is -2.27. The average Bonchev–Trinajstić information content (AvgIpc) is 3.09. The molecule has 4 rings (SSSR count). The summed E-state index contributed by atoms with van der Waals surface area (Å²) in [4.78, 5) is 30.8. The second kappa shape index (κ2) is 9.15. The SMILES string of the molecule is COc1cc([C@@H]2c3c(oc4ccccc4c3=O)C(=O)N2CCCN(C)C)cc(OC)c1OC. The first-order valence-electron chi connectivity index (χ1n) is 10.7. The number of ether oxygens (including phenoxy) is 3. The summed E-state index contributed by atoms with van der Waals surface area (Å²) in [5.41, 5.74) is 1.20. The van der Waals surface area contributed by atoms with Crippen molar-refractivity contribution in [1.82, 2.24) is 9.80 Å². The Balaban J connectivity index is 1.93. The summed E-state index contributed by atoms with van der Waals surface area (Å²) in [6.07, 6.45) is 0.737. The molecule has 1 aromatic heterocycles. The molecule has 2 aromatic carbocycles. The normalized spacial score (nSPS) is 15.3. The molecule has 0 unspecified atom stereocenters. The number of para-hydroxylation sites is 1. The van der Waals surface area contributed by atoms with Crippen LogP contribution >= 0.6 is 0 Å². The molecule has 0 N–H and O–H groups in total. The number of methoxy groups -OCH3 is 3. The lowest BCUT2D eigenvalue weighted by Crippen LogP contribution is -2.32. The highest BCUT2D eigenvalue weighted by molar-refractivity contribution is 5.99. The van der Waals surface area contributed by atoms with Gasteiger partial charge in [-0.05, 0) is 56.9 Å². The number of hydrogen-bond acceptors (Lipinski definition) is 7. The molecule has 3 aromatic rings. The van der Waals surface area contributed by atoms with Crippen molar-refractivity contribution < 1.29 is 23.4 Å². The van der Waals surface area contributed by atoms with Gasteiger partial charge in [-0.15, -0.1) is 0 Å². The predicted molar refractivity (Wildman–Crippen MR) is 125 cm³/mol. The molecule has 174 valence electrons. The smallest absolute Gasteiger partial charge is 0.290 e. The first kappa shape index (κ1) is 22.7. The molecular formula is C25H28N2O6. The molecule has 0 saturated heterocycles. The summed E-state index contributed by atoms with van der Waals surface area (Å²) < 4.78 is 22.5. The standard InChI is InChI=1S/C25H28N2O6/c1-26(2)11-8-12-27-21(15-13-18(30-3)23(32-5)19(14-15)31-4)20-22(28)16-9-6-7-10-17(16)33-24(20)25(27)29/h6-7,9-10,13-14,21H,8,11-12H2,1-5H3/t21-/m1/s1. The number of fused-ring (bicyclic) bond motifs is 2. The number of hydrogen-bond donors (Lipinski definition) is 0. The van der Waals surface area contributed by atoms with Gasteiger partial charge >= 0.3 is 0 Å². The zero-order valence-electron chi connectivity index (χ0n) is 19.5. The maximum Gasteiger partial charge on any atom is 0.290 e. The largest absolute Gasteiger partial charge is 0.493 e. The molecule has 0 bridgehead atoms. The maximum absolute atomic E-state index is 13.6. The van der Waals surface area contributed by atoms with E-state index in [0.29, 0.717) is 45.9 Å². The van der Waals surface area contributed by atoms with Gasteiger partial charge in [0, 0.05) is 6.54 Å². The molecule has 2 heterocycles. The number of amides is 1. The molecule has 0 fully saturated rings. The maximum atomic E-state index is 13.6. The van der Waals surface area contributed by atoms with E-state index in [2.05, 4.69) is 4.90 Å². The van der Waals surface area contributed by atoms with Crippen LogP contribution in [-0.4, -0.2) is 64.2 Å². The second-order valence-electron chi connectivity index (χ2n) is 8.19. The van der Waals surface area contributed by atoms with Crippen molar-refractivity contribution in [3.05, 3.63) is 63.5 Å². The van der Waals surface area contributed by atoms with E-state index in [1.54, 1.807) is 41.3 Å². The van der Waals surface area contributed by atoms with E-state index < -0.39 is 6.04 Å². The summed E-state index contributed by atoms with van der Waals surface area (Å²) in [6.45, 7) is 1.25. The molecule has 8 heteroatoms. The Hall–Kier alpha value is -3.52. The van der Waals surface area contributed by atoms with Crippen LogP contribution < -0.4 is 19.6 Å². The number of carbonyl (C=O) groups is 1. The topological polar surface area (TPSA) is 81.5 Å². The van der Waals surface area contributed by atoms with E-state index in [9.17, 15) is 9.59 Å². The molecule has 1 atom stereocenters. The van der Waals surface area contributed by atoms with Crippen LogP contribution in [0.5, 0.6) is 17.2 Å². The van der Waals surface area contributed by atoms with Gasteiger partial charge in [-0.1, -0.05) is 12.1 Å². The summed E-state index contributed by atoms with van der Waals surface area (Å²) in [6, 6.07) is 9.91. The molecule has 0 saturated carbocycles. The van der Waals surface area contributed by atoms with E-state index in [4.69, 9.17) is 18.6 Å². The van der Waals surface area contributed by atoms with Crippen molar-refractivity contribution in [1.29, 1.82) is 0 Å². The van der Waals surface area contributed by atoms with Gasteiger partial charge < -0.3 is 28.4 Å². The first-order valence-corrected chi connectivity index (χ1v) is 10.7. The molecule has 0 radical (unpaired) electrons. The summed E-state index contributed by atoms with van der Waals surface area (Å²) >= 11 is 0. The van der Waals surface area contributed by atoms with Gasteiger partial charge in [0.25, 0.3) is 5.91 Å². The quantitative estimate of drug-likeness (QED) is 0.519. The lowest BCUT2D eigenvalue weighted by atomic mass is 9.97. The van der Waals surface area contributed by atoms with Crippen molar-refractivity contribution in [3.8, 4) is 17.2 Å². The Morgan fingerprint density at radius 1 is 1.00 bits per heavy atom. The molecule has 0 aliphatic carbocycles. The van der Waals surface area contributed by atoms with Crippen LogP contribution in [-0.2, 0) is 0 Å².